The number of nitrogens with zero attached hydrogens (tertiary/aromatic N) is 5. The van der Waals surface area contributed by atoms with Crippen molar-refractivity contribution in [3.63, 3.8) is 0 Å². The lowest BCUT2D eigenvalue weighted by Crippen LogP contribution is -2.06. The first-order valence-corrected chi connectivity index (χ1v) is 7.42. The highest BCUT2D eigenvalue weighted by atomic mass is 79.9. The summed E-state index contributed by atoms with van der Waals surface area (Å²) in [5.74, 6) is 0.900. The summed E-state index contributed by atoms with van der Waals surface area (Å²) in [6.07, 6.45) is 2.42. The van der Waals surface area contributed by atoms with E-state index in [4.69, 9.17) is 16.3 Å². The molecule has 0 aliphatic carbocycles. The van der Waals surface area contributed by atoms with Gasteiger partial charge in [-0.25, -0.2) is 9.67 Å². The van der Waals surface area contributed by atoms with Gasteiger partial charge in [-0.15, -0.1) is 5.10 Å². The van der Waals surface area contributed by atoms with E-state index in [2.05, 4.69) is 46.5 Å². The fraction of sp³-hybridized carbons (Fsp3) is 0.273. The summed E-state index contributed by atoms with van der Waals surface area (Å²) < 4.78 is 8.09. The fourth-order valence-electron chi connectivity index (χ4n) is 2.15. The van der Waals surface area contributed by atoms with Crippen LogP contribution < -0.4 is 10.1 Å². The first-order chi connectivity index (χ1) is 10.2. The Morgan fingerprint density at radius 1 is 1.43 bits per heavy atom. The highest BCUT2D eigenvalue weighted by molar-refractivity contribution is 9.10. The van der Waals surface area contributed by atoms with Gasteiger partial charge in [-0.1, -0.05) is 11.6 Å². The normalized spacial score (nSPS) is 14.4. The third kappa shape index (κ3) is 2.12. The number of aromatic nitrogens is 6. The van der Waals surface area contributed by atoms with E-state index in [1.165, 1.54) is 0 Å². The summed E-state index contributed by atoms with van der Waals surface area (Å²) >= 11 is 9.48. The summed E-state index contributed by atoms with van der Waals surface area (Å²) in [5.41, 5.74) is 1.36. The molecule has 0 atom stereocenters. The minimum absolute atomic E-state index is 0.403. The van der Waals surface area contributed by atoms with Gasteiger partial charge in [-0.2, -0.15) is 10.1 Å². The number of H-pyrrole nitrogens is 1. The van der Waals surface area contributed by atoms with E-state index in [1.807, 2.05) is 0 Å². The first kappa shape index (κ1) is 12.8. The Bertz CT molecular complexity index is 829. The number of rotatable bonds is 0. The molecule has 2 N–H and O–H groups in total. The molecule has 21 heavy (non-hydrogen) atoms. The van der Waals surface area contributed by atoms with Crippen LogP contribution in [0.15, 0.2) is 10.8 Å². The number of nitrogens with one attached hydrogen (secondary N) is 2. The third-order valence-electron chi connectivity index (χ3n) is 3.12. The quantitative estimate of drug-likeness (QED) is 0.631. The summed E-state index contributed by atoms with van der Waals surface area (Å²) in [6, 6.07) is 0. The van der Waals surface area contributed by atoms with Crippen molar-refractivity contribution in [3.05, 3.63) is 16.0 Å². The van der Waals surface area contributed by atoms with Crippen molar-refractivity contribution in [1.29, 1.82) is 0 Å². The molecule has 4 heterocycles. The number of fused-ring (bicyclic) bond motifs is 2. The van der Waals surface area contributed by atoms with Crippen molar-refractivity contribution < 1.29 is 4.74 Å². The van der Waals surface area contributed by atoms with Gasteiger partial charge in [-0.3, -0.25) is 5.10 Å². The molecule has 108 valence electrons. The van der Waals surface area contributed by atoms with Crippen LogP contribution in [0.1, 0.15) is 6.42 Å². The second kappa shape index (κ2) is 4.85. The molecule has 0 saturated carbocycles. The Morgan fingerprint density at radius 2 is 2.33 bits per heavy atom. The highest BCUT2D eigenvalue weighted by Crippen LogP contribution is 2.33. The predicted molar refractivity (Wildman–Crippen MR) is 80.0 cm³/mol. The zero-order valence-corrected chi connectivity index (χ0v) is 12.9. The zero-order valence-electron chi connectivity index (χ0n) is 10.6. The van der Waals surface area contributed by atoms with Crippen molar-refractivity contribution in [1.82, 2.24) is 29.9 Å². The number of hydrogen-bond donors (Lipinski definition) is 2. The monoisotopic (exact) mass is 369 g/mol. The SMILES string of the molecule is Clc1nn2c3nc(ncc13)Nc1c(n[nH]c1Br)OCCC2. The van der Waals surface area contributed by atoms with E-state index in [1.54, 1.807) is 10.9 Å². The van der Waals surface area contributed by atoms with Crippen molar-refractivity contribution in [2.45, 2.75) is 13.0 Å². The largest absolute Gasteiger partial charge is 0.475 e. The second-order valence-corrected chi connectivity index (χ2v) is 5.64. The number of aromatic amines is 1. The molecule has 3 aromatic heterocycles. The smallest absolute Gasteiger partial charge is 0.257 e. The topological polar surface area (TPSA) is 93.5 Å². The van der Waals surface area contributed by atoms with Crippen LogP contribution in [0.5, 0.6) is 5.88 Å². The van der Waals surface area contributed by atoms with Crippen molar-refractivity contribution >= 4 is 50.2 Å². The van der Waals surface area contributed by atoms with Crippen molar-refractivity contribution in [3.8, 4) is 5.88 Å². The van der Waals surface area contributed by atoms with Crippen molar-refractivity contribution in [2.24, 2.45) is 0 Å². The van der Waals surface area contributed by atoms with Gasteiger partial charge in [0.1, 0.15) is 10.3 Å². The minimum atomic E-state index is 0.403. The van der Waals surface area contributed by atoms with Crippen LogP contribution in [0, 0.1) is 0 Å². The van der Waals surface area contributed by atoms with Crippen LogP contribution in [-0.4, -0.2) is 36.6 Å². The lowest BCUT2D eigenvalue weighted by molar-refractivity contribution is 0.290. The Labute approximate surface area is 132 Å². The van der Waals surface area contributed by atoms with Gasteiger partial charge < -0.3 is 10.1 Å². The lowest BCUT2D eigenvalue weighted by atomic mass is 10.4. The maximum Gasteiger partial charge on any atom is 0.257 e. The minimum Gasteiger partial charge on any atom is -0.475 e. The fourth-order valence-corrected chi connectivity index (χ4v) is 2.73. The van der Waals surface area contributed by atoms with Crippen LogP contribution in [0.2, 0.25) is 5.15 Å². The van der Waals surface area contributed by atoms with Crippen LogP contribution in [-0.2, 0) is 6.54 Å². The molecular weight excluding hydrogens is 362 g/mol. The number of anilines is 2. The van der Waals surface area contributed by atoms with Crippen LogP contribution in [0.3, 0.4) is 0 Å². The van der Waals surface area contributed by atoms with Gasteiger partial charge in [0.2, 0.25) is 5.95 Å². The highest BCUT2D eigenvalue weighted by Gasteiger charge is 2.18. The first-order valence-electron chi connectivity index (χ1n) is 6.25. The molecular formula is C11H9BrClN7O. The molecule has 3 aromatic rings. The van der Waals surface area contributed by atoms with E-state index < -0.39 is 0 Å². The van der Waals surface area contributed by atoms with Crippen molar-refractivity contribution in [2.75, 3.05) is 11.9 Å². The molecule has 10 heteroatoms. The molecule has 0 aromatic carbocycles. The average molecular weight is 371 g/mol. The molecule has 8 nitrogen and oxygen atoms in total. The lowest BCUT2D eigenvalue weighted by Gasteiger charge is -2.05. The van der Waals surface area contributed by atoms with Gasteiger partial charge in [0, 0.05) is 19.2 Å². The molecule has 0 radical (unpaired) electrons. The van der Waals surface area contributed by atoms with Gasteiger partial charge in [-0.05, 0) is 15.9 Å². The summed E-state index contributed by atoms with van der Waals surface area (Å²) in [7, 11) is 0. The van der Waals surface area contributed by atoms with Gasteiger partial charge >= 0.3 is 0 Å². The maximum absolute atomic E-state index is 6.10. The Balaban J connectivity index is 1.88. The third-order valence-corrected chi connectivity index (χ3v) is 3.98. The molecule has 1 aliphatic rings. The summed E-state index contributed by atoms with van der Waals surface area (Å²) in [6.45, 7) is 1.16. The Hall–Kier alpha value is -1.87. The molecule has 2 bridgehead atoms. The predicted octanol–water partition coefficient (Wildman–Crippen LogP) is 2.49. The van der Waals surface area contributed by atoms with Crippen LogP contribution >= 0.6 is 27.5 Å². The molecule has 1 aliphatic heterocycles. The molecule has 4 rings (SSSR count). The molecule has 0 amide bonds. The van der Waals surface area contributed by atoms with Gasteiger partial charge in [0.25, 0.3) is 5.88 Å². The number of ether oxygens (including phenoxy) is 1. The van der Waals surface area contributed by atoms with Gasteiger partial charge in [0.05, 0.1) is 12.0 Å². The second-order valence-electron chi connectivity index (χ2n) is 4.49. The van der Waals surface area contributed by atoms with E-state index in [-0.39, 0.29) is 0 Å². The Kier molecular flexibility index (Phi) is 2.96. The van der Waals surface area contributed by atoms with E-state index in [0.29, 0.717) is 46.1 Å². The standard InChI is InChI=1S/C11H9BrClN7O/c12-7-6-10(18-17-7)21-3-1-2-20-9-5(8(13)19-20)4-14-11(15-6)16-9/h4H,1-3H2,(H,17,18)(H,14,15,16). The average Bonchev–Trinajstić information content (AvgIpc) is 2.97. The zero-order chi connectivity index (χ0) is 14.4. The Morgan fingerprint density at radius 3 is 3.24 bits per heavy atom. The van der Waals surface area contributed by atoms with Crippen LogP contribution in [0.4, 0.5) is 11.6 Å². The van der Waals surface area contributed by atoms with E-state index in [0.717, 1.165) is 11.8 Å². The van der Waals surface area contributed by atoms with E-state index in [9.17, 15) is 0 Å². The number of hydrogen-bond acceptors (Lipinski definition) is 6. The molecule has 0 fully saturated rings. The number of halogens is 2. The summed E-state index contributed by atoms with van der Waals surface area (Å²) in [4.78, 5) is 8.72. The molecule has 0 spiro atoms. The number of aryl methyl sites for hydroxylation is 1. The van der Waals surface area contributed by atoms with Crippen LogP contribution in [0.25, 0.3) is 11.0 Å². The molecule has 0 saturated heterocycles. The van der Waals surface area contributed by atoms with E-state index >= 15 is 0 Å². The maximum atomic E-state index is 6.10. The molecule has 0 unspecified atom stereocenters. The summed E-state index contributed by atoms with van der Waals surface area (Å²) in [5, 5.41) is 15.4. The van der Waals surface area contributed by atoms with Gasteiger partial charge in [0.15, 0.2) is 10.8 Å².